The molecule has 0 aliphatic rings. The second-order valence-electron chi connectivity index (χ2n) is 5.81. The Morgan fingerprint density at radius 3 is 2.59 bits per heavy atom. The predicted octanol–water partition coefficient (Wildman–Crippen LogP) is 2.46. The SMILES string of the molecule is CCn1nc(C(=O)OCc2ccncc2)cc(Nc2cnccc2C)c1=O. The van der Waals surface area contributed by atoms with Crippen LogP contribution in [-0.4, -0.2) is 25.7 Å². The van der Waals surface area contributed by atoms with E-state index in [-0.39, 0.29) is 23.5 Å². The molecule has 0 saturated carbocycles. The summed E-state index contributed by atoms with van der Waals surface area (Å²) < 4.78 is 6.52. The van der Waals surface area contributed by atoms with Crippen LogP contribution in [0.3, 0.4) is 0 Å². The Kier molecular flexibility index (Phi) is 5.55. The largest absolute Gasteiger partial charge is 0.456 e. The Morgan fingerprint density at radius 1 is 1.15 bits per heavy atom. The Morgan fingerprint density at radius 2 is 1.89 bits per heavy atom. The van der Waals surface area contributed by atoms with Gasteiger partial charge in [-0.05, 0) is 43.2 Å². The molecular formula is C19H19N5O3. The highest BCUT2D eigenvalue weighted by Crippen LogP contribution is 2.17. The summed E-state index contributed by atoms with van der Waals surface area (Å²) in [4.78, 5) is 32.9. The van der Waals surface area contributed by atoms with Crippen molar-refractivity contribution in [2.24, 2.45) is 0 Å². The molecule has 0 aromatic carbocycles. The van der Waals surface area contributed by atoms with Crippen LogP contribution in [0, 0.1) is 6.92 Å². The van der Waals surface area contributed by atoms with Gasteiger partial charge < -0.3 is 10.1 Å². The first-order valence-corrected chi connectivity index (χ1v) is 8.44. The van der Waals surface area contributed by atoms with Crippen LogP contribution >= 0.6 is 0 Å². The van der Waals surface area contributed by atoms with Gasteiger partial charge >= 0.3 is 5.97 Å². The molecule has 0 aliphatic carbocycles. The van der Waals surface area contributed by atoms with Gasteiger partial charge in [-0.1, -0.05) is 0 Å². The number of pyridine rings is 2. The zero-order chi connectivity index (χ0) is 19.2. The molecule has 27 heavy (non-hydrogen) atoms. The molecule has 0 radical (unpaired) electrons. The number of hydrogen-bond donors (Lipinski definition) is 1. The summed E-state index contributed by atoms with van der Waals surface area (Å²) in [5.74, 6) is -0.611. The molecule has 0 saturated heterocycles. The number of aromatic nitrogens is 4. The first kappa shape index (κ1) is 18.2. The Balaban J connectivity index is 1.86. The van der Waals surface area contributed by atoms with E-state index in [1.165, 1.54) is 10.7 Å². The van der Waals surface area contributed by atoms with Gasteiger partial charge in [0.05, 0.1) is 11.9 Å². The fourth-order valence-corrected chi connectivity index (χ4v) is 2.39. The van der Waals surface area contributed by atoms with Gasteiger partial charge in [0.15, 0.2) is 5.69 Å². The molecule has 8 heteroatoms. The number of anilines is 2. The summed E-state index contributed by atoms with van der Waals surface area (Å²) in [7, 11) is 0. The van der Waals surface area contributed by atoms with Crippen molar-refractivity contribution in [2.75, 3.05) is 5.32 Å². The van der Waals surface area contributed by atoms with Crippen LogP contribution in [0.4, 0.5) is 11.4 Å². The number of ether oxygens (including phenoxy) is 1. The van der Waals surface area contributed by atoms with Crippen LogP contribution in [0.25, 0.3) is 0 Å². The molecule has 3 aromatic rings. The molecule has 8 nitrogen and oxygen atoms in total. The zero-order valence-corrected chi connectivity index (χ0v) is 15.0. The molecule has 0 atom stereocenters. The maximum atomic E-state index is 12.5. The number of nitrogens with one attached hydrogen (secondary N) is 1. The Bertz CT molecular complexity index is 1000. The van der Waals surface area contributed by atoms with Gasteiger partial charge in [-0.15, -0.1) is 0 Å². The van der Waals surface area contributed by atoms with E-state index in [2.05, 4.69) is 20.4 Å². The van der Waals surface area contributed by atoms with E-state index in [0.717, 1.165) is 11.1 Å². The lowest BCUT2D eigenvalue weighted by molar-refractivity contribution is 0.0462. The second kappa shape index (κ2) is 8.22. The summed E-state index contributed by atoms with van der Waals surface area (Å²) in [6, 6.07) is 6.74. The van der Waals surface area contributed by atoms with Crippen LogP contribution in [-0.2, 0) is 17.9 Å². The van der Waals surface area contributed by atoms with Gasteiger partial charge in [-0.3, -0.25) is 14.8 Å². The second-order valence-corrected chi connectivity index (χ2v) is 5.81. The van der Waals surface area contributed by atoms with Crippen molar-refractivity contribution < 1.29 is 9.53 Å². The third kappa shape index (κ3) is 4.35. The van der Waals surface area contributed by atoms with E-state index in [0.29, 0.717) is 12.2 Å². The standard InChI is InChI=1S/C19H19N5O3/c1-3-24-18(25)15(22-17-11-21-7-4-13(17)2)10-16(23-24)19(26)27-12-14-5-8-20-9-6-14/h4-11,22H,3,12H2,1-2H3. The molecule has 3 aromatic heterocycles. The first-order chi connectivity index (χ1) is 13.1. The van der Waals surface area contributed by atoms with Gasteiger partial charge in [-0.2, -0.15) is 5.10 Å². The van der Waals surface area contributed by atoms with Gasteiger partial charge in [0.25, 0.3) is 5.56 Å². The van der Waals surface area contributed by atoms with Crippen LogP contribution in [0.1, 0.15) is 28.5 Å². The molecule has 3 heterocycles. The predicted molar refractivity (Wildman–Crippen MR) is 99.8 cm³/mol. The van der Waals surface area contributed by atoms with Gasteiger partial charge in [0.1, 0.15) is 12.3 Å². The highest BCUT2D eigenvalue weighted by molar-refractivity contribution is 5.88. The fraction of sp³-hybridized carbons (Fsp3) is 0.211. The first-order valence-electron chi connectivity index (χ1n) is 8.44. The highest BCUT2D eigenvalue weighted by Gasteiger charge is 2.16. The normalized spacial score (nSPS) is 10.4. The minimum absolute atomic E-state index is 0.0505. The molecular weight excluding hydrogens is 346 g/mol. The molecule has 0 spiro atoms. The van der Waals surface area contributed by atoms with Crippen LogP contribution < -0.4 is 10.9 Å². The zero-order valence-electron chi connectivity index (χ0n) is 15.0. The van der Waals surface area contributed by atoms with E-state index >= 15 is 0 Å². The minimum Gasteiger partial charge on any atom is -0.456 e. The van der Waals surface area contributed by atoms with E-state index in [4.69, 9.17) is 4.74 Å². The summed E-state index contributed by atoms with van der Waals surface area (Å²) in [6.07, 6.45) is 6.53. The highest BCUT2D eigenvalue weighted by atomic mass is 16.5. The van der Waals surface area contributed by atoms with Crippen LogP contribution in [0.15, 0.2) is 53.8 Å². The molecule has 1 N–H and O–H groups in total. The van der Waals surface area contributed by atoms with E-state index in [1.54, 1.807) is 43.8 Å². The molecule has 3 rings (SSSR count). The number of carbonyl (C=O) groups excluding carboxylic acids is 1. The maximum Gasteiger partial charge on any atom is 0.359 e. The molecule has 0 unspecified atom stereocenters. The van der Waals surface area contributed by atoms with E-state index < -0.39 is 5.97 Å². The Labute approximate surface area is 155 Å². The quantitative estimate of drug-likeness (QED) is 0.670. The molecule has 0 bridgehead atoms. The van der Waals surface area contributed by atoms with Crippen LogP contribution in [0.2, 0.25) is 0 Å². The molecule has 0 amide bonds. The maximum absolute atomic E-state index is 12.5. The average molecular weight is 365 g/mol. The van der Waals surface area contributed by atoms with Crippen molar-refractivity contribution >= 4 is 17.3 Å². The number of nitrogens with zero attached hydrogens (tertiary/aromatic N) is 4. The van der Waals surface area contributed by atoms with E-state index in [1.807, 2.05) is 13.0 Å². The molecule has 138 valence electrons. The summed E-state index contributed by atoms with van der Waals surface area (Å²) in [6.45, 7) is 4.09. The topological polar surface area (TPSA) is 99.0 Å². The van der Waals surface area contributed by atoms with Gasteiger partial charge in [0.2, 0.25) is 0 Å². The fourth-order valence-electron chi connectivity index (χ4n) is 2.39. The minimum atomic E-state index is -0.611. The smallest absolute Gasteiger partial charge is 0.359 e. The summed E-state index contributed by atoms with van der Waals surface area (Å²) >= 11 is 0. The summed E-state index contributed by atoms with van der Waals surface area (Å²) in [5.41, 5.74) is 2.37. The third-order valence-electron chi connectivity index (χ3n) is 3.91. The van der Waals surface area contributed by atoms with Crippen molar-refractivity contribution in [3.8, 4) is 0 Å². The van der Waals surface area contributed by atoms with Crippen molar-refractivity contribution in [3.63, 3.8) is 0 Å². The third-order valence-corrected chi connectivity index (χ3v) is 3.91. The van der Waals surface area contributed by atoms with Crippen LogP contribution in [0.5, 0.6) is 0 Å². The number of esters is 1. The van der Waals surface area contributed by atoms with Crippen molar-refractivity contribution in [1.82, 2.24) is 19.7 Å². The van der Waals surface area contributed by atoms with Gasteiger partial charge in [0, 0.05) is 31.2 Å². The van der Waals surface area contributed by atoms with Crippen molar-refractivity contribution in [3.05, 3.63) is 76.2 Å². The lowest BCUT2D eigenvalue weighted by Gasteiger charge is -2.12. The average Bonchev–Trinajstić information content (AvgIpc) is 2.70. The lowest BCUT2D eigenvalue weighted by Crippen LogP contribution is -2.27. The summed E-state index contributed by atoms with van der Waals surface area (Å²) in [5, 5.41) is 7.12. The number of carbonyl (C=O) groups is 1. The van der Waals surface area contributed by atoms with Crippen molar-refractivity contribution in [2.45, 2.75) is 27.0 Å². The van der Waals surface area contributed by atoms with Crippen molar-refractivity contribution in [1.29, 1.82) is 0 Å². The molecule has 0 aliphatic heterocycles. The Hall–Kier alpha value is -3.55. The lowest BCUT2D eigenvalue weighted by atomic mass is 10.2. The number of rotatable bonds is 6. The monoisotopic (exact) mass is 365 g/mol. The number of hydrogen-bond acceptors (Lipinski definition) is 7. The molecule has 0 fully saturated rings. The van der Waals surface area contributed by atoms with Gasteiger partial charge in [-0.25, -0.2) is 9.48 Å². The van der Waals surface area contributed by atoms with E-state index in [9.17, 15) is 9.59 Å². The number of aryl methyl sites for hydroxylation is 2.